The lowest BCUT2D eigenvalue weighted by atomic mass is 10.1. The SMILES string of the molecule is CCN(CC)CCC(NC)c1ccc(Cl)s1. The first-order valence-electron chi connectivity index (χ1n) is 5.86. The van der Waals surface area contributed by atoms with E-state index < -0.39 is 0 Å². The van der Waals surface area contributed by atoms with Gasteiger partial charge in [-0.05, 0) is 45.2 Å². The molecule has 0 saturated heterocycles. The van der Waals surface area contributed by atoms with Crippen molar-refractivity contribution in [1.29, 1.82) is 0 Å². The summed E-state index contributed by atoms with van der Waals surface area (Å²) in [5, 5.41) is 3.36. The van der Waals surface area contributed by atoms with Crippen LogP contribution in [-0.4, -0.2) is 31.6 Å². The molecular formula is C12H21ClN2S. The third-order valence-corrected chi connectivity index (χ3v) is 4.26. The zero-order chi connectivity index (χ0) is 12.0. The lowest BCUT2D eigenvalue weighted by Crippen LogP contribution is -2.27. The van der Waals surface area contributed by atoms with E-state index in [9.17, 15) is 0 Å². The van der Waals surface area contributed by atoms with Gasteiger partial charge < -0.3 is 10.2 Å². The van der Waals surface area contributed by atoms with E-state index in [0.717, 1.165) is 30.4 Å². The van der Waals surface area contributed by atoms with Gasteiger partial charge in [-0.15, -0.1) is 11.3 Å². The molecule has 2 nitrogen and oxygen atoms in total. The third-order valence-electron chi connectivity index (χ3n) is 2.91. The summed E-state index contributed by atoms with van der Waals surface area (Å²) in [7, 11) is 2.01. The molecule has 0 saturated carbocycles. The maximum atomic E-state index is 5.96. The van der Waals surface area contributed by atoms with Crippen molar-refractivity contribution in [3.05, 3.63) is 21.3 Å². The van der Waals surface area contributed by atoms with Crippen molar-refractivity contribution in [2.45, 2.75) is 26.3 Å². The summed E-state index contributed by atoms with van der Waals surface area (Å²) in [6.45, 7) is 7.80. The highest BCUT2D eigenvalue weighted by molar-refractivity contribution is 7.16. The van der Waals surface area contributed by atoms with E-state index in [0.29, 0.717) is 6.04 Å². The highest BCUT2D eigenvalue weighted by Gasteiger charge is 2.12. The van der Waals surface area contributed by atoms with Crippen LogP contribution >= 0.6 is 22.9 Å². The second-order valence-electron chi connectivity index (χ2n) is 3.80. The highest BCUT2D eigenvalue weighted by Crippen LogP contribution is 2.28. The van der Waals surface area contributed by atoms with E-state index in [2.05, 4.69) is 30.1 Å². The Hall–Kier alpha value is -0.0900. The minimum atomic E-state index is 0.429. The monoisotopic (exact) mass is 260 g/mol. The van der Waals surface area contributed by atoms with Gasteiger partial charge in [-0.3, -0.25) is 0 Å². The molecule has 1 N–H and O–H groups in total. The maximum absolute atomic E-state index is 5.96. The maximum Gasteiger partial charge on any atom is 0.0931 e. The van der Waals surface area contributed by atoms with Crippen molar-refractivity contribution >= 4 is 22.9 Å². The van der Waals surface area contributed by atoms with Gasteiger partial charge in [0.25, 0.3) is 0 Å². The van der Waals surface area contributed by atoms with Crippen LogP contribution in [0.2, 0.25) is 4.34 Å². The number of hydrogen-bond donors (Lipinski definition) is 1. The first-order chi connectivity index (χ1) is 7.71. The van der Waals surface area contributed by atoms with Gasteiger partial charge in [0.1, 0.15) is 0 Å². The fourth-order valence-electron chi connectivity index (χ4n) is 1.80. The molecule has 1 unspecified atom stereocenters. The van der Waals surface area contributed by atoms with Gasteiger partial charge in [0.2, 0.25) is 0 Å². The van der Waals surface area contributed by atoms with E-state index in [4.69, 9.17) is 11.6 Å². The number of rotatable bonds is 7. The van der Waals surface area contributed by atoms with Gasteiger partial charge in [0, 0.05) is 10.9 Å². The highest BCUT2D eigenvalue weighted by atomic mass is 35.5. The molecule has 1 heterocycles. The van der Waals surface area contributed by atoms with E-state index in [1.54, 1.807) is 11.3 Å². The second kappa shape index (κ2) is 7.28. The Morgan fingerprint density at radius 2 is 2.06 bits per heavy atom. The van der Waals surface area contributed by atoms with Crippen LogP contribution in [0.5, 0.6) is 0 Å². The molecule has 0 radical (unpaired) electrons. The fourth-order valence-corrected chi connectivity index (χ4v) is 3.00. The van der Waals surface area contributed by atoms with Crippen molar-refractivity contribution < 1.29 is 0 Å². The molecule has 1 aromatic heterocycles. The molecule has 92 valence electrons. The topological polar surface area (TPSA) is 15.3 Å². The number of halogens is 1. The molecular weight excluding hydrogens is 240 g/mol. The lowest BCUT2D eigenvalue weighted by molar-refractivity contribution is 0.285. The van der Waals surface area contributed by atoms with Crippen LogP contribution in [-0.2, 0) is 0 Å². The van der Waals surface area contributed by atoms with Gasteiger partial charge in [-0.25, -0.2) is 0 Å². The van der Waals surface area contributed by atoms with Crippen LogP contribution in [0.1, 0.15) is 31.2 Å². The third kappa shape index (κ3) is 4.06. The standard InChI is InChI=1S/C12H21ClN2S/c1-4-15(5-2)9-8-10(14-3)11-6-7-12(13)16-11/h6-7,10,14H,4-5,8-9H2,1-3H3. The Bertz CT molecular complexity index is 297. The zero-order valence-corrected chi connectivity index (χ0v) is 11.9. The Morgan fingerprint density at radius 1 is 1.38 bits per heavy atom. The Kier molecular flexibility index (Phi) is 6.36. The quantitative estimate of drug-likeness (QED) is 0.809. The summed E-state index contributed by atoms with van der Waals surface area (Å²) in [5.41, 5.74) is 0. The van der Waals surface area contributed by atoms with Gasteiger partial charge in [0.05, 0.1) is 4.34 Å². The van der Waals surface area contributed by atoms with Gasteiger partial charge in [-0.2, -0.15) is 0 Å². The summed E-state index contributed by atoms with van der Waals surface area (Å²) < 4.78 is 0.873. The summed E-state index contributed by atoms with van der Waals surface area (Å²) >= 11 is 7.63. The molecule has 1 rings (SSSR count). The lowest BCUT2D eigenvalue weighted by Gasteiger charge is -2.21. The first-order valence-corrected chi connectivity index (χ1v) is 7.05. The van der Waals surface area contributed by atoms with E-state index in [-0.39, 0.29) is 0 Å². The zero-order valence-electron chi connectivity index (χ0n) is 10.3. The average molecular weight is 261 g/mol. The van der Waals surface area contributed by atoms with E-state index >= 15 is 0 Å². The molecule has 0 spiro atoms. The first kappa shape index (κ1) is 14.0. The van der Waals surface area contributed by atoms with Crippen LogP contribution in [0.25, 0.3) is 0 Å². The van der Waals surface area contributed by atoms with Crippen molar-refractivity contribution in [2.24, 2.45) is 0 Å². The predicted octanol–water partition coefficient (Wildman–Crippen LogP) is 3.39. The van der Waals surface area contributed by atoms with Gasteiger partial charge in [-0.1, -0.05) is 25.4 Å². The Morgan fingerprint density at radius 3 is 2.50 bits per heavy atom. The molecule has 4 heteroatoms. The summed E-state index contributed by atoms with van der Waals surface area (Å²) in [6.07, 6.45) is 1.13. The molecule has 0 fully saturated rings. The average Bonchev–Trinajstić information content (AvgIpc) is 2.71. The number of nitrogens with zero attached hydrogens (tertiary/aromatic N) is 1. The van der Waals surface area contributed by atoms with Crippen molar-refractivity contribution in [3.63, 3.8) is 0 Å². The molecule has 0 aliphatic heterocycles. The number of thiophene rings is 1. The van der Waals surface area contributed by atoms with Crippen LogP contribution in [0, 0.1) is 0 Å². The fraction of sp³-hybridized carbons (Fsp3) is 0.667. The molecule has 0 aromatic carbocycles. The number of nitrogens with one attached hydrogen (secondary N) is 1. The largest absolute Gasteiger partial charge is 0.312 e. The number of hydrogen-bond acceptors (Lipinski definition) is 3. The van der Waals surface area contributed by atoms with E-state index in [1.807, 2.05) is 13.1 Å². The molecule has 0 aliphatic carbocycles. The van der Waals surface area contributed by atoms with Crippen LogP contribution in [0.15, 0.2) is 12.1 Å². The molecule has 0 aliphatic rings. The van der Waals surface area contributed by atoms with Gasteiger partial charge >= 0.3 is 0 Å². The van der Waals surface area contributed by atoms with Crippen molar-refractivity contribution in [1.82, 2.24) is 10.2 Å². The van der Waals surface area contributed by atoms with Crippen LogP contribution in [0.4, 0.5) is 0 Å². The molecule has 16 heavy (non-hydrogen) atoms. The molecule has 0 bridgehead atoms. The Labute approximate surface area is 108 Å². The summed E-state index contributed by atoms with van der Waals surface area (Å²) in [5.74, 6) is 0. The van der Waals surface area contributed by atoms with Crippen molar-refractivity contribution in [3.8, 4) is 0 Å². The van der Waals surface area contributed by atoms with E-state index in [1.165, 1.54) is 4.88 Å². The minimum Gasteiger partial charge on any atom is -0.312 e. The molecule has 1 atom stereocenters. The normalized spacial score (nSPS) is 13.3. The van der Waals surface area contributed by atoms with Crippen molar-refractivity contribution in [2.75, 3.05) is 26.7 Å². The van der Waals surface area contributed by atoms with Crippen LogP contribution < -0.4 is 5.32 Å². The molecule has 1 aromatic rings. The Balaban J connectivity index is 2.49. The minimum absolute atomic E-state index is 0.429. The molecule has 0 amide bonds. The second-order valence-corrected chi connectivity index (χ2v) is 5.55. The summed E-state index contributed by atoms with van der Waals surface area (Å²) in [4.78, 5) is 3.78. The predicted molar refractivity (Wildman–Crippen MR) is 73.5 cm³/mol. The summed E-state index contributed by atoms with van der Waals surface area (Å²) in [6, 6.07) is 4.53. The smallest absolute Gasteiger partial charge is 0.0931 e. The van der Waals surface area contributed by atoms with Crippen LogP contribution in [0.3, 0.4) is 0 Å². The van der Waals surface area contributed by atoms with Gasteiger partial charge in [0.15, 0.2) is 0 Å².